The lowest BCUT2D eigenvalue weighted by molar-refractivity contribution is 0.146. The van der Waals surface area contributed by atoms with Crippen LogP contribution in [0.25, 0.3) is 0 Å². The van der Waals surface area contributed by atoms with Gasteiger partial charge in [0.25, 0.3) is 0 Å². The number of ether oxygens (including phenoxy) is 1. The molecule has 1 N–H and O–H groups in total. The fraction of sp³-hybridized carbons (Fsp3) is 0.455. The molecule has 7 heteroatoms. The van der Waals surface area contributed by atoms with E-state index in [1.807, 2.05) is 6.92 Å². The molecule has 18 heavy (non-hydrogen) atoms. The third-order valence-corrected chi connectivity index (χ3v) is 3.55. The van der Waals surface area contributed by atoms with E-state index in [-0.39, 0.29) is 6.54 Å². The summed E-state index contributed by atoms with van der Waals surface area (Å²) in [5.41, 5.74) is 0. The number of benzene rings is 1. The van der Waals surface area contributed by atoms with Crippen molar-refractivity contribution in [1.29, 1.82) is 0 Å². The molecule has 0 spiro atoms. The summed E-state index contributed by atoms with van der Waals surface area (Å²) in [5.74, 6) is -1.85. The van der Waals surface area contributed by atoms with Crippen molar-refractivity contribution in [2.45, 2.75) is 18.2 Å². The third kappa shape index (κ3) is 4.67. The zero-order valence-electron chi connectivity index (χ0n) is 9.95. The molecule has 0 atom stereocenters. The van der Waals surface area contributed by atoms with Gasteiger partial charge in [0.15, 0.2) is 0 Å². The Morgan fingerprint density at radius 3 is 2.39 bits per heavy atom. The van der Waals surface area contributed by atoms with Crippen molar-refractivity contribution in [3.05, 3.63) is 29.8 Å². The van der Waals surface area contributed by atoms with Crippen molar-refractivity contribution in [2.24, 2.45) is 0 Å². The van der Waals surface area contributed by atoms with Gasteiger partial charge in [0.05, 0.1) is 4.90 Å². The fourth-order valence-electron chi connectivity index (χ4n) is 1.29. The van der Waals surface area contributed by atoms with E-state index < -0.39 is 26.6 Å². The molecular weight excluding hydrogens is 264 g/mol. The normalized spacial score (nSPS) is 11.7. The second kappa shape index (κ2) is 6.77. The minimum Gasteiger partial charge on any atom is -0.382 e. The SMILES string of the molecule is CCOCCCNS(=O)(=O)c1cc(F)cc(F)c1. The van der Waals surface area contributed by atoms with E-state index in [9.17, 15) is 17.2 Å². The van der Waals surface area contributed by atoms with Gasteiger partial charge in [-0.15, -0.1) is 0 Å². The van der Waals surface area contributed by atoms with Gasteiger partial charge < -0.3 is 4.74 Å². The first-order valence-corrected chi connectivity index (χ1v) is 6.97. The highest BCUT2D eigenvalue weighted by Crippen LogP contribution is 2.13. The molecule has 0 aliphatic carbocycles. The number of rotatable bonds is 7. The molecule has 4 nitrogen and oxygen atoms in total. The van der Waals surface area contributed by atoms with Crippen LogP contribution in [0, 0.1) is 11.6 Å². The topological polar surface area (TPSA) is 55.4 Å². The Hall–Kier alpha value is -1.05. The molecule has 0 radical (unpaired) electrons. The fourth-order valence-corrected chi connectivity index (χ4v) is 2.41. The van der Waals surface area contributed by atoms with Crippen LogP contribution in [-0.2, 0) is 14.8 Å². The van der Waals surface area contributed by atoms with Crippen molar-refractivity contribution in [2.75, 3.05) is 19.8 Å². The van der Waals surface area contributed by atoms with Crippen LogP contribution in [0.5, 0.6) is 0 Å². The number of hydrogen-bond donors (Lipinski definition) is 1. The first-order valence-electron chi connectivity index (χ1n) is 5.49. The molecule has 0 amide bonds. The van der Waals surface area contributed by atoms with Gasteiger partial charge in [-0.05, 0) is 25.5 Å². The summed E-state index contributed by atoms with van der Waals surface area (Å²) < 4.78 is 56.4. The van der Waals surface area contributed by atoms with Gasteiger partial charge in [0.1, 0.15) is 11.6 Å². The molecule has 1 aromatic carbocycles. The Labute approximate surface area is 105 Å². The van der Waals surface area contributed by atoms with E-state index in [4.69, 9.17) is 4.74 Å². The maximum Gasteiger partial charge on any atom is 0.240 e. The Bertz CT molecular complexity index is 471. The summed E-state index contributed by atoms with van der Waals surface area (Å²) in [4.78, 5) is -0.420. The number of nitrogens with one attached hydrogen (secondary N) is 1. The molecule has 0 saturated carbocycles. The maximum atomic E-state index is 12.9. The highest BCUT2D eigenvalue weighted by molar-refractivity contribution is 7.89. The van der Waals surface area contributed by atoms with E-state index >= 15 is 0 Å². The molecule has 0 heterocycles. The van der Waals surface area contributed by atoms with Crippen LogP contribution in [-0.4, -0.2) is 28.2 Å². The zero-order chi connectivity index (χ0) is 13.6. The molecule has 0 fully saturated rings. The Morgan fingerprint density at radius 1 is 1.22 bits per heavy atom. The molecular formula is C11H15F2NO3S. The Kier molecular flexibility index (Phi) is 5.64. The first-order chi connectivity index (χ1) is 8.45. The molecule has 1 aromatic rings. The molecule has 0 unspecified atom stereocenters. The van der Waals surface area contributed by atoms with Gasteiger partial charge in [-0.3, -0.25) is 0 Å². The number of hydrogen-bond acceptors (Lipinski definition) is 3. The molecule has 0 bridgehead atoms. The summed E-state index contributed by atoms with van der Waals surface area (Å²) in [7, 11) is -3.88. The van der Waals surface area contributed by atoms with Crippen LogP contribution in [0.3, 0.4) is 0 Å². The summed E-state index contributed by atoms with van der Waals surface area (Å²) in [6.07, 6.45) is 0.491. The Balaban J connectivity index is 2.63. The summed E-state index contributed by atoms with van der Waals surface area (Å²) in [6, 6.07) is 2.16. The zero-order valence-corrected chi connectivity index (χ0v) is 10.8. The standard InChI is InChI=1S/C11H15F2NO3S/c1-2-17-5-3-4-14-18(15,16)11-7-9(12)6-10(13)8-11/h6-8,14H,2-5H2,1H3. The second-order valence-corrected chi connectivity index (χ2v) is 5.32. The van der Waals surface area contributed by atoms with E-state index in [1.165, 1.54) is 0 Å². The van der Waals surface area contributed by atoms with Crippen LogP contribution < -0.4 is 4.72 Å². The Morgan fingerprint density at radius 2 is 1.83 bits per heavy atom. The van der Waals surface area contributed by atoms with E-state index in [0.29, 0.717) is 25.7 Å². The average molecular weight is 279 g/mol. The van der Waals surface area contributed by atoms with Gasteiger partial charge in [0, 0.05) is 25.8 Å². The molecule has 0 aliphatic rings. The predicted molar refractivity (Wildman–Crippen MR) is 62.7 cm³/mol. The van der Waals surface area contributed by atoms with Gasteiger partial charge in [-0.2, -0.15) is 0 Å². The van der Waals surface area contributed by atoms with Gasteiger partial charge in [-0.25, -0.2) is 21.9 Å². The quantitative estimate of drug-likeness (QED) is 0.772. The third-order valence-electron chi connectivity index (χ3n) is 2.11. The van der Waals surface area contributed by atoms with Crippen LogP contribution >= 0.6 is 0 Å². The van der Waals surface area contributed by atoms with E-state index in [2.05, 4.69) is 4.72 Å². The van der Waals surface area contributed by atoms with Crippen molar-refractivity contribution in [3.63, 3.8) is 0 Å². The van der Waals surface area contributed by atoms with Crippen molar-refractivity contribution < 1.29 is 21.9 Å². The smallest absolute Gasteiger partial charge is 0.240 e. The molecule has 0 saturated heterocycles. The van der Waals surface area contributed by atoms with E-state index in [0.717, 1.165) is 12.1 Å². The molecule has 0 aliphatic heterocycles. The highest BCUT2D eigenvalue weighted by Gasteiger charge is 2.15. The van der Waals surface area contributed by atoms with Crippen LogP contribution in [0.4, 0.5) is 8.78 Å². The first kappa shape index (κ1) is 15.0. The number of halogens is 2. The second-order valence-electron chi connectivity index (χ2n) is 3.55. The van der Waals surface area contributed by atoms with Crippen LogP contribution in [0.1, 0.15) is 13.3 Å². The van der Waals surface area contributed by atoms with Crippen LogP contribution in [0.15, 0.2) is 23.1 Å². The van der Waals surface area contributed by atoms with Crippen LogP contribution in [0.2, 0.25) is 0 Å². The summed E-state index contributed by atoms with van der Waals surface area (Å²) >= 11 is 0. The largest absolute Gasteiger partial charge is 0.382 e. The lowest BCUT2D eigenvalue weighted by Crippen LogP contribution is -2.25. The molecule has 1 rings (SSSR count). The lowest BCUT2D eigenvalue weighted by Gasteiger charge is -2.07. The van der Waals surface area contributed by atoms with Crippen molar-refractivity contribution in [3.8, 4) is 0 Å². The van der Waals surface area contributed by atoms with Crippen molar-refractivity contribution >= 4 is 10.0 Å². The number of sulfonamides is 1. The van der Waals surface area contributed by atoms with Gasteiger partial charge >= 0.3 is 0 Å². The van der Waals surface area contributed by atoms with Gasteiger partial charge in [0.2, 0.25) is 10.0 Å². The van der Waals surface area contributed by atoms with E-state index in [1.54, 1.807) is 0 Å². The molecule has 102 valence electrons. The summed E-state index contributed by atoms with van der Waals surface area (Å²) in [5, 5.41) is 0. The lowest BCUT2D eigenvalue weighted by atomic mass is 10.3. The maximum absolute atomic E-state index is 12.9. The average Bonchev–Trinajstić information content (AvgIpc) is 2.27. The highest BCUT2D eigenvalue weighted by atomic mass is 32.2. The predicted octanol–water partition coefficient (Wildman–Crippen LogP) is 1.67. The minimum atomic E-state index is -3.88. The molecule has 0 aromatic heterocycles. The van der Waals surface area contributed by atoms with Gasteiger partial charge in [-0.1, -0.05) is 0 Å². The monoisotopic (exact) mass is 279 g/mol. The summed E-state index contributed by atoms with van der Waals surface area (Å²) in [6.45, 7) is 2.97. The van der Waals surface area contributed by atoms with Crippen molar-refractivity contribution in [1.82, 2.24) is 4.72 Å². The minimum absolute atomic E-state index is 0.153.